The molecule has 2 aliphatic rings. The number of rotatable bonds is 0. The molecule has 2 fully saturated rings. The average Bonchev–Trinajstić information content (AvgIpc) is 2.45. The van der Waals surface area contributed by atoms with Crippen molar-refractivity contribution in [2.45, 2.75) is 38.8 Å². The monoisotopic (exact) mass is 322 g/mol. The zero-order chi connectivity index (χ0) is 14.5. The van der Waals surface area contributed by atoms with Gasteiger partial charge in [0.05, 0.1) is 0 Å². The molecule has 2 heterocycles. The number of hydrogen-bond donors (Lipinski definition) is 0. The lowest BCUT2D eigenvalue weighted by molar-refractivity contribution is 0.133. The predicted molar refractivity (Wildman–Crippen MR) is 86.2 cm³/mol. The topological polar surface area (TPSA) is 13.0 Å². The van der Waals surface area contributed by atoms with Gasteiger partial charge in [-0.15, -0.1) is 0 Å². The summed E-state index contributed by atoms with van der Waals surface area (Å²) in [5.41, 5.74) is 0. The van der Waals surface area contributed by atoms with E-state index in [0.29, 0.717) is 12.1 Å². The summed E-state index contributed by atoms with van der Waals surface area (Å²) in [5.74, 6) is 0. The first-order valence-electron chi connectivity index (χ1n) is 7.86. The number of hydrogen-bond acceptors (Lipinski definition) is 4. The van der Waals surface area contributed by atoms with E-state index >= 15 is 0 Å². The molecule has 2 saturated heterocycles. The Kier molecular flexibility index (Phi) is 6.85. The molecule has 0 spiro atoms. The van der Waals surface area contributed by atoms with Crippen LogP contribution in [0.2, 0.25) is 0 Å². The van der Waals surface area contributed by atoms with E-state index in [1.54, 1.807) is 0 Å². The Labute approximate surface area is 133 Å². The minimum absolute atomic E-state index is 0.438. The fourth-order valence-corrected chi connectivity index (χ4v) is 3.23. The van der Waals surface area contributed by atoms with Crippen LogP contribution < -0.4 is 0 Å². The molecule has 6 heteroatoms. The van der Waals surface area contributed by atoms with Gasteiger partial charge in [-0.3, -0.25) is 0 Å². The van der Waals surface area contributed by atoms with Crippen molar-refractivity contribution in [3.05, 3.63) is 0 Å². The summed E-state index contributed by atoms with van der Waals surface area (Å²) in [4.78, 5) is 5.07. The van der Waals surface area contributed by atoms with Crippen LogP contribution in [0, 0.1) is 0 Å². The van der Waals surface area contributed by atoms with E-state index in [2.05, 4.69) is 23.6 Å². The normalized spacial score (nSPS) is 39.6. The van der Waals surface area contributed by atoms with E-state index in [1.807, 2.05) is 8.84 Å². The van der Waals surface area contributed by atoms with Crippen molar-refractivity contribution < 1.29 is 0 Å². The van der Waals surface area contributed by atoms with Crippen LogP contribution in [-0.2, 0) is 0 Å². The SMILES string of the molecule is CC1CCN2CCN(CCC(C)N(Cl)CC2)CCN1Cl. The summed E-state index contributed by atoms with van der Waals surface area (Å²) >= 11 is 12.8. The molecule has 4 atom stereocenters. The molecule has 0 aromatic carbocycles. The van der Waals surface area contributed by atoms with E-state index in [1.165, 1.54) is 0 Å². The van der Waals surface area contributed by atoms with Crippen LogP contribution in [-0.4, -0.2) is 83.1 Å². The van der Waals surface area contributed by atoms with Gasteiger partial charge in [0.1, 0.15) is 0 Å². The van der Waals surface area contributed by atoms with Crippen molar-refractivity contribution >= 4 is 23.6 Å². The second-order valence-electron chi connectivity index (χ2n) is 6.21. The molecule has 0 amide bonds. The molecule has 2 rings (SSSR count). The van der Waals surface area contributed by atoms with E-state index < -0.39 is 0 Å². The number of halogens is 2. The number of fused-ring (bicyclic) bond motifs is 3. The van der Waals surface area contributed by atoms with Crippen LogP contribution in [0.1, 0.15) is 26.7 Å². The quantitative estimate of drug-likeness (QED) is 0.633. The minimum Gasteiger partial charge on any atom is -0.301 e. The zero-order valence-corrected chi connectivity index (χ0v) is 14.3. The second-order valence-corrected chi connectivity index (χ2v) is 7.07. The van der Waals surface area contributed by atoms with Gasteiger partial charge in [-0.2, -0.15) is 0 Å². The van der Waals surface area contributed by atoms with Crippen molar-refractivity contribution in [3.8, 4) is 0 Å². The van der Waals surface area contributed by atoms with Crippen LogP contribution >= 0.6 is 23.6 Å². The summed E-state index contributed by atoms with van der Waals surface area (Å²) < 4.78 is 3.97. The maximum atomic E-state index is 6.38. The molecule has 118 valence electrons. The van der Waals surface area contributed by atoms with Crippen molar-refractivity contribution in [2.24, 2.45) is 0 Å². The Bertz CT molecular complexity index is 235. The second kappa shape index (κ2) is 8.16. The maximum absolute atomic E-state index is 6.38. The molecular formula is C14H28Cl2N4. The molecule has 4 unspecified atom stereocenters. The molecule has 0 aromatic rings. The van der Waals surface area contributed by atoms with Gasteiger partial charge in [-0.1, -0.05) is 0 Å². The van der Waals surface area contributed by atoms with Crippen molar-refractivity contribution in [1.82, 2.24) is 18.6 Å². The third-order valence-electron chi connectivity index (χ3n) is 4.67. The van der Waals surface area contributed by atoms with E-state index in [9.17, 15) is 0 Å². The molecule has 0 saturated carbocycles. The summed E-state index contributed by atoms with van der Waals surface area (Å²) in [6, 6.07) is 0.876. The first-order valence-corrected chi connectivity index (χ1v) is 8.53. The van der Waals surface area contributed by atoms with E-state index in [4.69, 9.17) is 23.6 Å². The Hall–Kier alpha value is 0.420. The minimum atomic E-state index is 0.438. The molecule has 4 nitrogen and oxygen atoms in total. The van der Waals surface area contributed by atoms with Gasteiger partial charge in [-0.25, -0.2) is 8.84 Å². The molecule has 0 radical (unpaired) electrons. The molecule has 0 N–H and O–H groups in total. The Morgan fingerprint density at radius 1 is 0.600 bits per heavy atom. The fourth-order valence-electron chi connectivity index (χ4n) is 2.89. The van der Waals surface area contributed by atoms with Gasteiger partial charge in [0.2, 0.25) is 0 Å². The van der Waals surface area contributed by atoms with Crippen molar-refractivity contribution in [2.75, 3.05) is 52.4 Å². The average molecular weight is 323 g/mol. The van der Waals surface area contributed by atoms with Gasteiger partial charge >= 0.3 is 0 Å². The van der Waals surface area contributed by atoms with Crippen LogP contribution in [0.5, 0.6) is 0 Å². The van der Waals surface area contributed by atoms with E-state index in [0.717, 1.165) is 65.2 Å². The van der Waals surface area contributed by atoms with Crippen LogP contribution in [0.3, 0.4) is 0 Å². The lowest BCUT2D eigenvalue weighted by Crippen LogP contribution is -2.47. The van der Waals surface area contributed by atoms with Crippen molar-refractivity contribution in [3.63, 3.8) is 0 Å². The van der Waals surface area contributed by atoms with Gasteiger partial charge in [-0.05, 0) is 63.3 Å². The highest BCUT2D eigenvalue weighted by molar-refractivity contribution is 6.13. The third-order valence-corrected chi connectivity index (χ3v) is 5.68. The highest BCUT2D eigenvalue weighted by atomic mass is 35.5. The van der Waals surface area contributed by atoms with Crippen LogP contribution in [0.25, 0.3) is 0 Å². The summed E-state index contributed by atoms with van der Waals surface area (Å²) in [7, 11) is 0. The summed E-state index contributed by atoms with van der Waals surface area (Å²) in [6.07, 6.45) is 2.25. The smallest absolute Gasteiger partial charge is 0.0269 e. The van der Waals surface area contributed by atoms with Gasteiger partial charge in [0, 0.05) is 51.4 Å². The predicted octanol–water partition coefficient (Wildman–Crippen LogP) is 2.09. The van der Waals surface area contributed by atoms with Gasteiger partial charge in [0.15, 0.2) is 0 Å². The lowest BCUT2D eigenvalue weighted by Gasteiger charge is -2.36. The molecule has 20 heavy (non-hydrogen) atoms. The molecule has 2 aliphatic heterocycles. The van der Waals surface area contributed by atoms with Gasteiger partial charge < -0.3 is 9.80 Å². The molecule has 0 aromatic heterocycles. The third kappa shape index (κ3) is 5.00. The maximum Gasteiger partial charge on any atom is 0.0269 e. The number of nitrogens with zero attached hydrogens (tertiary/aromatic N) is 4. The van der Waals surface area contributed by atoms with Crippen molar-refractivity contribution in [1.29, 1.82) is 0 Å². The summed E-state index contributed by atoms with van der Waals surface area (Å²) in [6.45, 7) is 12.9. The Morgan fingerprint density at radius 2 is 0.950 bits per heavy atom. The Morgan fingerprint density at radius 3 is 1.35 bits per heavy atom. The zero-order valence-electron chi connectivity index (χ0n) is 12.8. The molecule has 0 aliphatic carbocycles. The van der Waals surface area contributed by atoms with Gasteiger partial charge in [0.25, 0.3) is 0 Å². The first kappa shape index (κ1) is 16.8. The molecular weight excluding hydrogens is 295 g/mol. The summed E-state index contributed by atoms with van der Waals surface area (Å²) in [5, 5.41) is 0. The van der Waals surface area contributed by atoms with Crippen LogP contribution in [0.15, 0.2) is 0 Å². The highest BCUT2D eigenvalue weighted by Crippen LogP contribution is 2.14. The molecule has 2 bridgehead atoms. The fraction of sp³-hybridized carbons (Fsp3) is 1.00. The van der Waals surface area contributed by atoms with E-state index in [-0.39, 0.29) is 0 Å². The highest BCUT2D eigenvalue weighted by Gasteiger charge is 2.22. The largest absolute Gasteiger partial charge is 0.301 e. The Balaban J connectivity index is 2.03. The lowest BCUT2D eigenvalue weighted by atomic mass is 10.1. The van der Waals surface area contributed by atoms with Crippen LogP contribution in [0.4, 0.5) is 0 Å². The standard InChI is InChI=1S/C14H28Cl2N4/c1-13-3-5-17-7-8-18(9-11-19(13)15)6-4-14(2)20(16)12-10-17/h13-14H,3-12H2,1-2H3. The first-order chi connectivity index (χ1) is 9.56.